The van der Waals surface area contributed by atoms with Crippen molar-refractivity contribution in [3.8, 4) is 5.75 Å². The topological polar surface area (TPSA) is 98.7 Å². The molecule has 6 nitrogen and oxygen atoms in total. The number of hydrogen-bond acceptors (Lipinski definition) is 3. The summed E-state index contributed by atoms with van der Waals surface area (Å²) in [4.78, 5) is 21.7. The van der Waals surface area contributed by atoms with Gasteiger partial charge in [-0.1, -0.05) is 0 Å². The third kappa shape index (κ3) is 4.34. The third-order valence-corrected chi connectivity index (χ3v) is 2.26. The Bertz CT molecular complexity index is 517. The molecule has 1 rings (SSSR count). The normalized spacial score (nSPS) is 10.9. The largest absolute Gasteiger partial charge is 0.507 e. The smallest absolute Gasteiger partial charge is 0.416 e. The highest BCUT2D eigenvalue weighted by Crippen LogP contribution is 2.32. The lowest BCUT2D eigenvalue weighted by Gasteiger charge is -2.10. The maximum Gasteiger partial charge on any atom is 0.416 e. The van der Waals surface area contributed by atoms with Crippen LogP contribution in [0.15, 0.2) is 18.2 Å². The van der Waals surface area contributed by atoms with E-state index in [4.69, 9.17) is 5.11 Å². The van der Waals surface area contributed by atoms with E-state index in [9.17, 15) is 27.9 Å². The van der Waals surface area contributed by atoms with Crippen LogP contribution in [0, 0.1) is 0 Å². The molecular weight excluding hydrogens is 281 g/mol. The van der Waals surface area contributed by atoms with Crippen molar-refractivity contribution in [2.75, 3.05) is 13.1 Å². The molecule has 0 radical (unpaired) electrons. The Balaban J connectivity index is 2.67. The zero-order valence-corrected chi connectivity index (χ0v) is 9.99. The van der Waals surface area contributed by atoms with Gasteiger partial charge >= 0.3 is 12.3 Å². The molecule has 1 aromatic rings. The third-order valence-electron chi connectivity index (χ3n) is 2.26. The van der Waals surface area contributed by atoms with Crippen molar-refractivity contribution in [3.05, 3.63) is 29.3 Å². The van der Waals surface area contributed by atoms with Crippen molar-refractivity contribution in [1.82, 2.24) is 10.6 Å². The molecular formula is C11H11F3N2O4. The fraction of sp³-hybridized carbons (Fsp3) is 0.273. The number of hydrogen-bond donors (Lipinski definition) is 4. The Morgan fingerprint density at radius 1 is 1.15 bits per heavy atom. The van der Waals surface area contributed by atoms with Gasteiger partial charge in [-0.3, -0.25) is 4.79 Å². The van der Waals surface area contributed by atoms with E-state index >= 15 is 0 Å². The number of carbonyl (C=O) groups is 2. The summed E-state index contributed by atoms with van der Waals surface area (Å²) in [6.45, 7) is -0.131. The molecule has 2 amide bonds. The molecule has 0 aliphatic rings. The second-order valence-corrected chi connectivity index (χ2v) is 3.72. The molecule has 0 bridgehead atoms. The van der Waals surface area contributed by atoms with Gasteiger partial charge in [-0.15, -0.1) is 0 Å². The standard InChI is InChI=1S/C11H11F3N2O4/c12-11(13,14)6-1-2-7(8(17)5-6)9(18)15-3-4-16-10(19)20/h1-2,5,16-17H,3-4H2,(H,15,18)(H,19,20). The Morgan fingerprint density at radius 3 is 2.25 bits per heavy atom. The highest BCUT2D eigenvalue weighted by atomic mass is 19.4. The molecule has 0 aliphatic heterocycles. The molecule has 0 saturated heterocycles. The van der Waals surface area contributed by atoms with Gasteiger partial charge in [0, 0.05) is 13.1 Å². The summed E-state index contributed by atoms with van der Waals surface area (Å²) in [7, 11) is 0. The van der Waals surface area contributed by atoms with Crippen molar-refractivity contribution < 1.29 is 33.0 Å². The fourth-order valence-corrected chi connectivity index (χ4v) is 1.34. The first-order valence-corrected chi connectivity index (χ1v) is 5.37. The van der Waals surface area contributed by atoms with Gasteiger partial charge in [-0.25, -0.2) is 4.79 Å². The Labute approximate surface area is 111 Å². The summed E-state index contributed by atoms with van der Waals surface area (Å²) in [5.74, 6) is -1.60. The number of halogens is 3. The van der Waals surface area contributed by atoms with E-state index < -0.39 is 29.5 Å². The molecule has 1 aromatic carbocycles. The maximum absolute atomic E-state index is 12.3. The number of alkyl halides is 3. The zero-order chi connectivity index (χ0) is 15.3. The fourth-order valence-electron chi connectivity index (χ4n) is 1.34. The van der Waals surface area contributed by atoms with Crippen LogP contribution in [0.3, 0.4) is 0 Å². The molecule has 0 heterocycles. The van der Waals surface area contributed by atoms with Crippen LogP contribution in [0.5, 0.6) is 5.75 Å². The second kappa shape index (κ2) is 6.13. The van der Waals surface area contributed by atoms with Gasteiger partial charge in [0.1, 0.15) is 5.75 Å². The van der Waals surface area contributed by atoms with E-state index in [0.29, 0.717) is 12.1 Å². The van der Waals surface area contributed by atoms with Crippen LogP contribution in [0.4, 0.5) is 18.0 Å². The number of carboxylic acid groups (broad SMARTS) is 1. The van der Waals surface area contributed by atoms with Crippen molar-refractivity contribution in [2.24, 2.45) is 0 Å². The number of amides is 2. The second-order valence-electron chi connectivity index (χ2n) is 3.72. The van der Waals surface area contributed by atoms with E-state index in [0.717, 1.165) is 6.07 Å². The number of nitrogens with one attached hydrogen (secondary N) is 2. The van der Waals surface area contributed by atoms with Crippen LogP contribution in [-0.4, -0.2) is 35.3 Å². The van der Waals surface area contributed by atoms with Gasteiger partial charge in [0.05, 0.1) is 11.1 Å². The molecule has 0 aromatic heterocycles. The first kappa shape index (κ1) is 15.6. The average Bonchev–Trinajstić information content (AvgIpc) is 2.32. The van der Waals surface area contributed by atoms with E-state index in [1.807, 2.05) is 5.32 Å². The summed E-state index contributed by atoms with van der Waals surface area (Å²) in [5.41, 5.74) is -1.40. The van der Waals surface area contributed by atoms with Gasteiger partial charge in [0.25, 0.3) is 5.91 Å². The van der Waals surface area contributed by atoms with Crippen molar-refractivity contribution in [3.63, 3.8) is 0 Å². The molecule has 9 heteroatoms. The highest BCUT2D eigenvalue weighted by molar-refractivity contribution is 5.96. The molecule has 0 fully saturated rings. The van der Waals surface area contributed by atoms with Crippen LogP contribution >= 0.6 is 0 Å². The lowest BCUT2D eigenvalue weighted by atomic mass is 10.1. The lowest BCUT2D eigenvalue weighted by molar-refractivity contribution is -0.137. The summed E-state index contributed by atoms with van der Waals surface area (Å²) < 4.78 is 37.0. The van der Waals surface area contributed by atoms with Gasteiger partial charge in [0.15, 0.2) is 0 Å². The first-order valence-electron chi connectivity index (χ1n) is 5.37. The molecule has 20 heavy (non-hydrogen) atoms. The minimum atomic E-state index is -4.61. The van der Waals surface area contributed by atoms with Crippen molar-refractivity contribution >= 4 is 12.0 Å². The van der Waals surface area contributed by atoms with E-state index in [-0.39, 0.29) is 18.7 Å². The molecule has 0 atom stereocenters. The minimum Gasteiger partial charge on any atom is -0.507 e. The maximum atomic E-state index is 12.3. The molecule has 0 spiro atoms. The van der Waals surface area contributed by atoms with Crippen LogP contribution < -0.4 is 10.6 Å². The first-order chi connectivity index (χ1) is 9.21. The molecule has 4 N–H and O–H groups in total. The Hall–Kier alpha value is -2.45. The number of aromatic hydroxyl groups is 1. The Morgan fingerprint density at radius 2 is 1.75 bits per heavy atom. The van der Waals surface area contributed by atoms with Crippen LogP contribution in [0.1, 0.15) is 15.9 Å². The van der Waals surface area contributed by atoms with Crippen molar-refractivity contribution in [1.29, 1.82) is 0 Å². The van der Waals surface area contributed by atoms with E-state index in [1.54, 1.807) is 0 Å². The number of phenols is 1. The lowest BCUT2D eigenvalue weighted by Crippen LogP contribution is -2.34. The highest BCUT2D eigenvalue weighted by Gasteiger charge is 2.31. The van der Waals surface area contributed by atoms with E-state index in [2.05, 4.69) is 5.32 Å². The number of rotatable bonds is 4. The molecule has 110 valence electrons. The van der Waals surface area contributed by atoms with Gasteiger partial charge in [-0.2, -0.15) is 13.2 Å². The predicted octanol–water partition coefficient (Wildman–Crippen LogP) is 1.41. The van der Waals surface area contributed by atoms with Gasteiger partial charge in [0.2, 0.25) is 0 Å². The number of phenolic OH excluding ortho intramolecular Hbond substituents is 1. The SMILES string of the molecule is O=C(O)NCCNC(=O)c1ccc(C(F)(F)F)cc1O. The summed E-state index contributed by atoms with van der Waals surface area (Å²) in [6, 6.07) is 1.96. The predicted molar refractivity (Wildman–Crippen MR) is 61.5 cm³/mol. The number of benzene rings is 1. The molecule has 0 saturated carbocycles. The van der Waals surface area contributed by atoms with Crippen LogP contribution in [-0.2, 0) is 6.18 Å². The molecule has 0 unspecified atom stereocenters. The van der Waals surface area contributed by atoms with Crippen LogP contribution in [0.25, 0.3) is 0 Å². The van der Waals surface area contributed by atoms with E-state index in [1.165, 1.54) is 0 Å². The number of carbonyl (C=O) groups excluding carboxylic acids is 1. The zero-order valence-electron chi connectivity index (χ0n) is 9.99. The Kier molecular flexibility index (Phi) is 4.78. The summed E-state index contributed by atoms with van der Waals surface area (Å²) in [6.07, 6.45) is -5.88. The molecule has 0 aliphatic carbocycles. The quantitative estimate of drug-likeness (QED) is 0.630. The van der Waals surface area contributed by atoms with Gasteiger partial charge < -0.3 is 20.8 Å². The van der Waals surface area contributed by atoms with Gasteiger partial charge in [-0.05, 0) is 18.2 Å². The monoisotopic (exact) mass is 292 g/mol. The van der Waals surface area contributed by atoms with Crippen LogP contribution in [0.2, 0.25) is 0 Å². The minimum absolute atomic E-state index is 0.0639. The summed E-state index contributed by atoms with van der Waals surface area (Å²) >= 11 is 0. The average molecular weight is 292 g/mol. The summed E-state index contributed by atoms with van der Waals surface area (Å²) in [5, 5.41) is 21.9. The van der Waals surface area contributed by atoms with Crippen molar-refractivity contribution in [2.45, 2.75) is 6.18 Å².